The first kappa shape index (κ1) is 16.9. The first-order valence-electron chi connectivity index (χ1n) is 9.13. The predicted molar refractivity (Wildman–Crippen MR) is 98.6 cm³/mol. The molecule has 3 aliphatic rings. The zero-order valence-corrected chi connectivity index (χ0v) is 15.8. The van der Waals surface area contributed by atoms with Gasteiger partial charge in [-0.2, -0.15) is 0 Å². The van der Waals surface area contributed by atoms with Crippen LogP contribution in [-0.2, 0) is 0 Å². The Morgan fingerprint density at radius 1 is 0.964 bits per heavy atom. The topological polar surface area (TPSA) is 74.3 Å². The number of carbonyl (C=O) groups is 2. The van der Waals surface area contributed by atoms with E-state index in [1.54, 1.807) is 23.1 Å². The Balaban J connectivity index is 1.74. The molecule has 5 rings (SSSR count). The fourth-order valence-corrected chi connectivity index (χ4v) is 4.52. The van der Waals surface area contributed by atoms with Crippen LogP contribution in [0, 0.1) is 0 Å². The third kappa shape index (κ3) is 2.04. The molecule has 2 aliphatic heterocycles. The highest BCUT2D eigenvalue weighted by molar-refractivity contribution is 6.11. The maximum absolute atomic E-state index is 13.4. The van der Waals surface area contributed by atoms with E-state index in [9.17, 15) is 9.59 Å². The van der Waals surface area contributed by atoms with Crippen LogP contribution in [-0.4, -0.2) is 44.1 Å². The van der Waals surface area contributed by atoms with Gasteiger partial charge < -0.3 is 23.8 Å². The molecular weight excluding hydrogens is 362 g/mol. The van der Waals surface area contributed by atoms with Gasteiger partial charge in [0.15, 0.2) is 28.8 Å². The highest BCUT2D eigenvalue weighted by Crippen LogP contribution is 2.54. The molecule has 2 aromatic carbocycles. The smallest absolute Gasteiger partial charge is 0.254 e. The number of ether oxygens (including phenoxy) is 4. The summed E-state index contributed by atoms with van der Waals surface area (Å²) in [4.78, 5) is 28.4. The van der Waals surface area contributed by atoms with E-state index in [0.29, 0.717) is 46.2 Å². The lowest BCUT2D eigenvalue weighted by Gasteiger charge is -2.38. The molecule has 7 nitrogen and oxygen atoms in total. The lowest BCUT2D eigenvalue weighted by atomic mass is 9.82. The molecule has 0 unspecified atom stereocenters. The number of hydrogen-bond donors (Lipinski definition) is 0. The summed E-state index contributed by atoms with van der Waals surface area (Å²) in [5, 5.41) is 0. The van der Waals surface area contributed by atoms with Crippen LogP contribution >= 0.6 is 0 Å². The van der Waals surface area contributed by atoms with Crippen molar-refractivity contribution in [1.82, 2.24) is 4.90 Å². The van der Waals surface area contributed by atoms with Gasteiger partial charge in [0.25, 0.3) is 5.91 Å². The molecule has 0 saturated carbocycles. The molecule has 0 saturated heterocycles. The van der Waals surface area contributed by atoms with Crippen LogP contribution in [0.25, 0.3) is 0 Å². The van der Waals surface area contributed by atoms with E-state index in [2.05, 4.69) is 0 Å². The molecule has 0 radical (unpaired) electrons. The fraction of sp³-hybridized carbons (Fsp3) is 0.333. The highest BCUT2D eigenvalue weighted by atomic mass is 16.7. The third-order valence-corrected chi connectivity index (χ3v) is 5.79. The maximum Gasteiger partial charge on any atom is 0.254 e. The summed E-state index contributed by atoms with van der Waals surface area (Å²) in [5.74, 6) is 1.48. The quantitative estimate of drug-likeness (QED) is 0.814. The normalized spacial score (nSPS) is 21.3. The van der Waals surface area contributed by atoms with Gasteiger partial charge in [-0.1, -0.05) is 0 Å². The van der Waals surface area contributed by atoms with Crippen molar-refractivity contribution in [2.45, 2.75) is 18.9 Å². The van der Waals surface area contributed by atoms with Gasteiger partial charge in [-0.15, -0.1) is 0 Å². The molecule has 0 bridgehead atoms. The molecule has 7 heteroatoms. The van der Waals surface area contributed by atoms with Crippen LogP contribution in [0.5, 0.6) is 23.0 Å². The Kier molecular flexibility index (Phi) is 3.56. The number of amides is 1. The second-order valence-electron chi connectivity index (χ2n) is 6.97. The van der Waals surface area contributed by atoms with Crippen molar-refractivity contribution in [2.75, 3.05) is 27.6 Å². The number of hydrogen-bond acceptors (Lipinski definition) is 6. The molecular formula is C21H19NO6. The molecule has 0 fully saturated rings. The Bertz CT molecular complexity index is 1030. The van der Waals surface area contributed by atoms with Crippen molar-refractivity contribution < 1.29 is 28.5 Å². The van der Waals surface area contributed by atoms with E-state index in [1.807, 2.05) is 13.0 Å². The summed E-state index contributed by atoms with van der Waals surface area (Å²) in [6.45, 7) is 2.53. The monoisotopic (exact) mass is 381 g/mol. The van der Waals surface area contributed by atoms with Crippen LogP contribution in [0.2, 0.25) is 0 Å². The van der Waals surface area contributed by atoms with E-state index >= 15 is 0 Å². The van der Waals surface area contributed by atoms with Gasteiger partial charge in [0.05, 0.1) is 26.2 Å². The molecule has 2 aromatic rings. The minimum atomic E-state index is -0.495. The van der Waals surface area contributed by atoms with Gasteiger partial charge in [0.2, 0.25) is 6.79 Å². The first-order valence-corrected chi connectivity index (χ1v) is 9.13. The van der Waals surface area contributed by atoms with Crippen LogP contribution in [0.1, 0.15) is 50.7 Å². The number of methoxy groups -OCH3 is 2. The average molecular weight is 381 g/mol. The largest absolute Gasteiger partial charge is 0.493 e. The molecule has 2 atom stereocenters. The summed E-state index contributed by atoms with van der Waals surface area (Å²) in [6.07, 6.45) is 0. The van der Waals surface area contributed by atoms with Crippen molar-refractivity contribution in [3.8, 4) is 23.0 Å². The summed E-state index contributed by atoms with van der Waals surface area (Å²) in [6, 6.07) is 6.61. The first-order chi connectivity index (χ1) is 13.6. The molecule has 144 valence electrons. The lowest BCUT2D eigenvalue weighted by Crippen LogP contribution is -2.42. The predicted octanol–water partition coefficient (Wildman–Crippen LogP) is 2.93. The van der Waals surface area contributed by atoms with Crippen LogP contribution in [0.3, 0.4) is 0 Å². The van der Waals surface area contributed by atoms with Crippen LogP contribution in [0.15, 0.2) is 24.3 Å². The number of nitrogens with zero attached hydrogens (tertiary/aromatic N) is 1. The Labute approximate surface area is 161 Å². The zero-order chi connectivity index (χ0) is 19.6. The van der Waals surface area contributed by atoms with Gasteiger partial charge in [-0.3, -0.25) is 9.59 Å². The van der Waals surface area contributed by atoms with Crippen molar-refractivity contribution in [2.24, 2.45) is 0 Å². The number of ketones is 1. The van der Waals surface area contributed by atoms with E-state index in [-0.39, 0.29) is 24.5 Å². The van der Waals surface area contributed by atoms with E-state index in [4.69, 9.17) is 18.9 Å². The summed E-state index contributed by atoms with van der Waals surface area (Å²) in [5.41, 5.74) is 2.52. The van der Waals surface area contributed by atoms with Crippen molar-refractivity contribution in [1.29, 1.82) is 0 Å². The second-order valence-corrected chi connectivity index (χ2v) is 6.97. The fourth-order valence-electron chi connectivity index (χ4n) is 4.52. The van der Waals surface area contributed by atoms with Crippen LogP contribution in [0.4, 0.5) is 0 Å². The van der Waals surface area contributed by atoms with E-state index in [1.165, 1.54) is 14.2 Å². The number of Topliss-reactive ketones (excluding diaryl/α,β-unsaturated/α-hetero) is 1. The molecule has 2 heterocycles. The van der Waals surface area contributed by atoms with Gasteiger partial charge in [-0.05, 0) is 42.3 Å². The molecule has 1 amide bonds. The van der Waals surface area contributed by atoms with Gasteiger partial charge >= 0.3 is 0 Å². The second kappa shape index (κ2) is 5.89. The SMILES string of the molecule is CCN1C(=O)c2cc(OC)c(OC)cc2[C@H]2C(=O)c3cc4c(cc3[C@H]21)OCO4. The van der Waals surface area contributed by atoms with Crippen molar-refractivity contribution >= 4 is 11.7 Å². The zero-order valence-electron chi connectivity index (χ0n) is 15.8. The number of carbonyl (C=O) groups excluding carboxylic acids is 2. The molecule has 28 heavy (non-hydrogen) atoms. The summed E-state index contributed by atoms with van der Waals surface area (Å²) >= 11 is 0. The standard InChI is InChI=1S/C21H19NO6/c1-4-22-19-11-6-16-17(28-9-27-16)7-12(11)20(23)18(19)10-5-14(25-2)15(26-3)8-13(10)21(22)24/h5-8,18-19H,4,9H2,1-3H3/t18-,19-/m1/s1. The van der Waals surface area contributed by atoms with Crippen molar-refractivity contribution in [3.05, 3.63) is 46.5 Å². The number of benzene rings is 2. The minimum Gasteiger partial charge on any atom is -0.493 e. The molecule has 0 N–H and O–H groups in total. The minimum absolute atomic E-state index is 0.0299. The Morgan fingerprint density at radius 2 is 1.64 bits per heavy atom. The Hall–Kier alpha value is -3.22. The van der Waals surface area contributed by atoms with E-state index in [0.717, 1.165) is 5.56 Å². The van der Waals surface area contributed by atoms with E-state index < -0.39 is 5.92 Å². The lowest BCUT2D eigenvalue weighted by molar-refractivity contribution is 0.0619. The average Bonchev–Trinajstić information content (AvgIpc) is 3.28. The summed E-state index contributed by atoms with van der Waals surface area (Å²) in [7, 11) is 3.06. The third-order valence-electron chi connectivity index (χ3n) is 5.79. The molecule has 0 spiro atoms. The van der Waals surface area contributed by atoms with Crippen LogP contribution < -0.4 is 18.9 Å². The molecule has 0 aromatic heterocycles. The summed E-state index contributed by atoms with van der Waals surface area (Å²) < 4.78 is 21.7. The van der Waals surface area contributed by atoms with Gasteiger partial charge in [0.1, 0.15) is 0 Å². The number of rotatable bonds is 3. The highest BCUT2D eigenvalue weighted by Gasteiger charge is 2.50. The molecule has 1 aliphatic carbocycles. The van der Waals surface area contributed by atoms with Crippen molar-refractivity contribution in [3.63, 3.8) is 0 Å². The Morgan fingerprint density at radius 3 is 2.32 bits per heavy atom. The number of fused-ring (bicyclic) bond motifs is 6. The van der Waals surface area contributed by atoms with Gasteiger partial charge in [0, 0.05) is 17.7 Å². The maximum atomic E-state index is 13.4. The van der Waals surface area contributed by atoms with Gasteiger partial charge in [-0.25, -0.2) is 0 Å². The number of likely N-dealkylation sites (N-methyl/N-ethyl adjacent to an activating group) is 1.